The highest BCUT2D eigenvalue weighted by Crippen LogP contribution is 2.22. The predicted molar refractivity (Wildman–Crippen MR) is 123 cm³/mol. The minimum Gasteiger partial charge on any atom is -0.481 e. The van der Waals surface area contributed by atoms with Crippen LogP contribution in [-0.2, 0) is 4.79 Å². The van der Waals surface area contributed by atoms with Crippen LogP contribution in [0.4, 0.5) is 0 Å². The second-order valence-corrected chi connectivity index (χ2v) is 8.34. The van der Waals surface area contributed by atoms with Crippen molar-refractivity contribution in [1.82, 2.24) is 20.2 Å². The molecule has 162 valence electrons. The number of nitrogens with zero attached hydrogens (tertiary/aromatic N) is 3. The molecule has 1 amide bonds. The van der Waals surface area contributed by atoms with E-state index in [1.54, 1.807) is 13.1 Å². The van der Waals surface area contributed by atoms with Crippen molar-refractivity contribution in [2.24, 2.45) is 5.92 Å². The summed E-state index contributed by atoms with van der Waals surface area (Å²) in [6.45, 7) is 7.88. The molecule has 2 heterocycles. The molecule has 1 atom stereocenters. The van der Waals surface area contributed by atoms with E-state index in [9.17, 15) is 4.79 Å². The largest absolute Gasteiger partial charge is 0.481 e. The quantitative estimate of drug-likeness (QED) is 0.630. The van der Waals surface area contributed by atoms with Gasteiger partial charge in [0, 0.05) is 18.7 Å². The van der Waals surface area contributed by atoms with Crippen LogP contribution < -0.4 is 10.1 Å². The number of benzene rings is 2. The fraction of sp³-hybridized carbons (Fsp3) is 0.400. The predicted octanol–water partition coefficient (Wildman–Crippen LogP) is 3.91. The van der Waals surface area contributed by atoms with Crippen LogP contribution in [0.3, 0.4) is 0 Å². The third-order valence-electron chi connectivity index (χ3n) is 5.88. The Labute approximate surface area is 183 Å². The molecule has 1 N–H and O–H groups in total. The zero-order valence-electron chi connectivity index (χ0n) is 18.3. The monoisotopic (exact) mass is 418 g/mol. The SMILES string of the molecule is CC1CCN(CCNC(=O)[C@@H](C)Oc2ccc(-c3cnc4ccccc4n3)cc2)CC1. The Kier molecular flexibility index (Phi) is 6.77. The summed E-state index contributed by atoms with van der Waals surface area (Å²) in [5.74, 6) is 1.39. The summed E-state index contributed by atoms with van der Waals surface area (Å²) in [6, 6.07) is 15.4. The van der Waals surface area contributed by atoms with Crippen LogP contribution in [0.25, 0.3) is 22.3 Å². The summed E-state index contributed by atoms with van der Waals surface area (Å²) in [5, 5.41) is 2.99. The lowest BCUT2D eigenvalue weighted by molar-refractivity contribution is -0.127. The van der Waals surface area contributed by atoms with Gasteiger partial charge in [0.15, 0.2) is 6.10 Å². The zero-order chi connectivity index (χ0) is 21.6. The average molecular weight is 419 g/mol. The molecular formula is C25H30N4O2. The number of piperidine rings is 1. The lowest BCUT2D eigenvalue weighted by atomic mass is 9.99. The van der Waals surface area contributed by atoms with E-state index in [0.29, 0.717) is 12.3 Å². The van der Waals surface area contributed by atoms with E-state index in [-0.39, 0.29) is 5.91 Å². The van der Waals surface area contributed by atoms with Gasteiger partial charge < -0.3 is 15.0 Å². The van der Waals surface area contributed by atoms with Gasteiger partial charge in [0.05, 0.1) is 22.9 Å². The minimum absolute atomic E-state index is 0.0881. The number of hydrogen-bond acceptors (Lipinski definition) is 5. The summed E-state index contributed by atoms with van der Waals surface area (Å²) >= 11 is 0. The van der Waals surface area contributed by atoms with Crippen molar-refractivity contribution in [3.63, 3.8) is 0 Å². The Morgan fingerprint density at radius 3 is 2.58 bits per heavy atom. The minimum atomic E-state index is -0.548. The van der Waals surface area contributed by atoms with Crippen molar-refractivity contribution in [3.05, 3.63) is 54.7 Å². The molecule has 0 radical (unpaired) electrons. The molecule has 6 heteroatoms. The zero-order valence-corrected chi connectivity index (χ0v) is 18.3. The van der Waals surface area contributed by atoms with Crippen LogP contribution >= 0.6 is 0 Å². The first kappa shape index (κ1) is 21.2. The number of aromatic nitrogens is 2. The molecule has 0 aliphatic carbocycles. The lowest BCUT2D eigenvalue weighted by Gasteiger charge is -2.30. The van der Waals surface area contributed by atoms with Gasteiger partial charge >= 0.3 is 0 Å². The van der Waals surface area contributed by atoms with Gasteiger partial charge in [-0.2, -0.15) is 0 Å². The topological polar surface area (TPSA) is 67.4 Å². The number of likely N-dealkylation sites (tertiary alicyclic amines) is 1. The first-order valence-electron chi connectivity index (χ1n) is 11.1. The molecule has 6 nitrogen and oxygen atoms in total. The number of carbonyl (C=O) groups is 1. The van der Waals surface area contributed by atoms with Crippen LogP contribution in [0.2, 0.25) is 0 Å². The van der Waals surface area contributed by atoms with E-state index >= 15 is 0 Å². The molecule has 1 aliphatic rings. The maximum atomic E-state index is 12.4. The second-order valence-electron chi connectivity index (χ2n) is 8.34. The summed E-state index contributed by atoms with van der Waals surface area (Å²) in [6.07, 6.45) is 3.72. The van der Waals surface area contributed by atoms with Crippen LogP contribution in [0, 0.1) is 5.92 Å². The van der Waals surface area contributed by atoms with Crippen LogP contribution in [0.15, 0.2) is 54.7 Å². The molecule has 3 aromatic rings. The maximum absolute atomic E-state index is 12.4. The Morgan fingerprint density at radius 1 is 1.13 bits per heavy atom. The number of nitrogens with one attached hydrogen (secondary N) is 1. The van der Waals surface area contributed by atoms with Gasteiger partial charge in [-0.15, -0.1) is 0 Å². The average Bonchev–Trinajstić information content (AvgIpc) is 2.80. The number of fused-ring (bicyclic) bond motifs is 1. The van der Waals surface area contributed by atoms with E-state index in [1.807, 2.05) is 48.5 Å². The van der Waals surface area contributed by atoms with Crippen LogP contribution in [0.1, 0.15) is 26.7 Å². The molecule has 1 aliphatic heterocycles. The van der Waals surface area contributed by atoms with Gasteiger partial charge in [-0.3, -0.25) is 9.78 Å². The van der Waals surface area contributed by atoms with Gasteiger partial charge in [0.1, 0.15) is 5.75 Å². The molecule has 0 bridgehead atoms. The third kappa shape index (κ3) is 5.58. The standard InChI is InChI=1S/C25H30N4O2/c1-18-11-14-29(15-12-18)16-13-26-25(30)19(2)31-21-9-7-20(8-10-21)24-17-27-22-5-3-4-6-23(22)28-24/h3-10,17-19H,11-16H2,1-2H3,(H,26,30)/t19-/m1/s1. The van der Waals surface area contributed by atoms with Crippen molar-refractivity contribution in [2.75, 3.05) is 26.2 Å². The number of rotatable bonds is 7. The Hall–Kier alpha value is -2.99. The van der Waals surface area contributed by atoms with E-state index in [1.165, 1.54) is 12.8 Å². The van der Waals surface area contributed by atoms with Crippen molar-refractivity contribution in [3.8, 4) is 17.0 Å². The van der Waals surface area contributed by atoms with Crippen LogP contribution in [0.5, 0.6) is 5.75 Å². The summed E-state index contributed by atoms with van der Waals surface area (Å²) in [7, 11) is 0. The first-order valence-corrected chi connectivity index (χ1v) is 11.1. The third-order valence-corrected chi connectivity index (χ3v) is 5.88. The van der Waals surface area contributed by atoms with E-state index in [0.717, 1.165) is 47.8 Å². The van der Waals surface area contributed by atoms with Crippen molar-refractivity contribution < 1.29 is 9.53 Å². The van der Waals surface area contributed by atoms with Gasteiger partial charge in [0.2, 0.25) is 0 Å². The molecule has 0 spiro atoms. The van der Waals surface area contributed by atoms with Gasteiger partial charge in [0.25, 0.3) is 5.91 Å². The highest BCUT2D eigenvalue weighted by molar-refractivity contribution is 5.80. The number of amides is 1. The van der Waals surface area contributed by atoms with Crippen molar-refractivity contribution in [2.45, 2.75) is 32.8 Å². The fourth-order valence-electron chi connectivity index (χ4n) is 3.82. The Morgan fingerprint density at radius 2 is 1.84 bits per heavy atom. The first-order chi connectivity index (χ1) is 15.1. The lowest BCUT2D eigenvalue weighted by Crippen LogP contribution is -2.42. The molecule has 31 heavy (non-hydrogen) atoms. The summed E-state index contributed by atoms with van der Waals surface area (Å²) < 4.78 is 5.83. The summed E-state index contributed by atoms with van der Waals surface area (Å²) in [4.78, 5) is 23.9. The molecule has 0 saturated carbocycles. The second kappa shape index (κ2) is 9.88. The summed E-state index contributed by atoms with van der Waals surface area (Å²) in [5.41, 5.74) is 3.51. The van der Waals surface area contributed by atoms with Crippen LogP contribution in [-0.4, -0.2) is 53.1 Å². The van der Waals surface area contributed by atoms with E-state index in [2.05, 4.69) is 27.1 Å². The molecule has 1 saturated heterocycles. The molecule has 1 aromatic heterocycles. The highest BCUT2D eigenvalue weighted by Gasteiger charge is 2.17. The van der Waals surface area contributed by atoms with E-state index in [4.69, 9.17) is 4.74 Å². The van der Waals surface area contributed by atoms with Gasteiger partial charge in [-0.05, 0) is 75.2 Å². The number of carbonyl (C=O) groups excluding carboxylic acids is 1. The fourth-order valence-corrected chi connectivity index (χ4v) is 3.82. The van der Waals surface area contributed by atoms with Crippen molar-refractivity contribution >= 4 is 16.9 Å². The molecule has 4 rings (SSSR count). The van der Waals surface area contributed by atoms with Gasteiger partial charge in [-0.1, -0.05) is 19.1 Å². The Balaban J connectivity index is 1.28. The number of ether oxygens (including phenoxy) is 1. The molecule has 2 aromatic carbocycles. The Bertz CT molecular complexity index is 1010. The van der Waals surface area contributed by atoms with Gasteiger partial charge in [-0.25, -0.2) is 4.98 Å². The number of hydrogen-bond donors (Lipinski definition) is 1. The number of para-hydroxylation sites is 2. The molecular weight excluding hydrogens is 388 g/mol. The highest BCUT2D eigenvalue weighted by atomic mass is 16.5. The van der Waals surface area contributed by atoms with E-state index < -0.39 is 6.10 Å². The maximum Gasteiger partial charge on any atom is 0.260 e. The molecule has 0 unspecified atom stereocenters. The smallest absolute Gasteiger partial charge is 0.260 e. The molecule has 1 fully saturated rings. The van der Waals surface area contributed by atoms with Crippen molar-refractivity contribution in [1.29, 1.82) is 0 Å². The normalized spacial score (nSPS) is 16.2.